The lowest BCUT2D eigenvalue weighted by molar-refractivity contribution is -0.0231. The lowest BCUT2D eigenvalue weighted by atomic mass is 9.93. The van der Waals surface area contributed by atoms with Crippen LogP contribution in [0, 0.1) is 0 Å². The van der Waals surface area contributed by atoms with Gasteiger partial charge in [-0.15, -0.1) is 0 Å². The molecule has 0 radical (unpaired) electrons. The van der Waals surface area contributed by atoms with Gasteiger partial charge in [0.1, 0.15) is 0 Å². The molecule has 13 heavy (non-hydrogen) atoms. The highest BCUT2D eigenvalue weighted by Crippen LogP contribution is 2.33. The van der Waals surface area contributed by atoms with Crippen molar-refractivity contribution in [3.8, 4) is 0 Å². The van der Waals surface area contributed by atoms with Crippen LogP contribution >= 0.6 is 0 Å². The number of hydrogen-bond donors (Lipinski definition) is 1. The van der Waals surface area contributed by atoms with Crippen LogP contribution in [0.25, 0.3) is 0 Å². The minimum Gasteiger partial charge on any atom is -0.380 e. The Bertz CT molecular complexity index is 170. The largest absolute Gasteiger partial charge is 0.380 e. The van der Waals surface area contributed by atoms with Gasteiger partial charge in [-0.05, 0) is 33.7 Å². The lowest BCUT2D eigenvalue weighted by Gasteiger charge is -2.42. The predicted molar refractivity (Wildman–Crippen MR) is 54.7 cm³/mol. The number of likely N-dealkylation sites (N-methyl/N-ethyl adjacent to an activating group) is 1. The molecule has 1 saturated carbocycles. The van der Waals surface area contributed by atoms with Crippen molar-refractivity contribution in [1.29, 1.82) is 0 Å². The quantitative estimate of drug-likeness (QED) is 0.691. The van der Waals surface area contributed by atoms with Gasteiger partial charge in [-0.2, -0.15) is 0 Å². The van der Waals surface area contributed by atoms with Crippen LogP contribution in [0.4, 0.5) is 0 Å². The van der Waals surface area contributed by atoms with Gasteiger partial charge in [-0.3, -0.25) is 4.90 Å². The van der Waals surface area contributed by atoms with E-state index in [0.717, 1.165) is 6.04 Å². The van der Waals surface area contributed by atoms with Gasteiger partial charge in [0.2, 0.25) is 0 Å². The summed E-state index contributed by atoms with van der Waals surface area (Å²) in [6.45, 7) is 4.92. The van der Waals surface area contributed by atoms with E-state index in [-0.39, 0.29) is 11.6 Å². The molecule has 1 rings (SSSR count). The third kappa shape index (κ3) is 2.03. The SMILES string of the molecule is COC(C)C(C)(CN)N(C)C1CC1. The molecule has 0 aromatic heterocycles. The fourth-order valence-electron chi connectivity index (χ4n) is 1.73. The minimum atomic E-state index is -0.0179. The summed E-state index contributed by atoms with van der Waals surface area (Å²) in [5, 5.41) is 0. The standard InChI is InChI=1S/C10H22N2O/c1-8(13-4)10(2,7-11)12(3)9-5-6-9/h8-9H,5-7,11H2,1-4H3. The molecule has 0 aliphatic heterocycles. The zero-order chi connectivity index (χ0) is 10.1. The van der Waals surface area contributed by atoms with Crippen molar-refractivity contribution in [2.24, 2.45) is 5.73 Å². The van der Waals surface area contributed by atoms with Crippen LogP contribution < -0.4 is 5.73 Å². The second-order valence-electron chi connectivity index (χ2n) is 4.28. The van der Waals surface area contributed by atoms with Crippen molar-refractivity contribution in [2.75, 3.05) is 20.7 Å². The molecule has 1 aliphatic rings. The summed E-state index contributed by atoms with van der Waals surface area (Å²) in [6.07, 6.45) is 2.80. The summed E-state index contributed by atoms with van der Waals surface area (Å²) >= 11 is 0. The Hall–Kier alpha value is -0.120. The Kier molecular flexibility index (Phi) is 3.33. The first-order chi connectivity index (χ1) is 6.06. The van der Waals surface area contributed by atoms with E-state index in [0.29, 0.717) is 6.54 Å². The van der Waals surface area contributed by atoms with Crippen molar-refractivity contribution >= 4 is 0 Å². The first kappa shape index (κ1) is 11.0. The van der Waals surface area contributed by atoms with Gasteiger partial charge in [0.05, 0.1) is 11.6 Å². The van der Waals surface area contributed by atoms with E-state index < -0.39 is 0 Å². The normalized spacial score (nSPS) is 24.5. The van der Waals surface area contributed by atoms with E-state index in [1.165, 1.54) is 12.8 Å². The molecule has 2 unspecified atom stereocenters. The van der Waals surface area contributed by atoms with Crippen molar-refractivity contribution in [3.63, 3.8) is 0 Å². The number of methoxy groups -OCH3 is 1. The van der Waals surface area contributed by atoms with Crippen molar-refractivity contribution in [1.82, 2.24) is 4.90 Å². The first-order valence-corrected chi connectivity index (χ1v) is 5.02. The second kappa shape index (κ2) is 3.95. The number of nitrogens with zero attached hydrogens (tertiary/aromatic N) is 1. The van der Waals surface area contributed by atoms with Crippen LogP contribution in [-0.2, 0) is 4.74 Å². The molecule has 0 saturated heterocycles. The van der Waals surface area contributed by atoms with Crippen LogP contribution in [0.5, 0.6) is 0 Å². The summed E-state index contributed by atoms with van der Waals surface area (Å²) in [6, 6.07) is 0.728. The molecule has 1 fully saturated rings. The number of nitrogens with two attached hydrogens (primary N) is 1. The van der Waals surface area contributed by atoms with E-state index in [2.05, 4.69) is 25.8 Å². The van der Waals surface area contributed by atoms with Crippen LogP contribution in [0.3, 0.4) is 0 Å². The molecular formula is C10H22N2O. The molecule has 0 heterocycles. The molecule has 2 N–H and O–H groups in total. The number of hydrogen-bond acceptors (Lipinski definition) is 3. The zero-order valence-electron chi connectivity index (χ0n) is 9.21. The summed E-state index contributed by atoms with van der Waals surface area (Å²) in [4.78, 5) is 2.38. The fraction of sp³-hybridized carbons (Fsp3) is 1.00. The van der Waals surface area contributed by atoms with E-state index in [1.807, 2.05) is 0 Å². The Labute approximate surface area is 81.2 Å². The Balaban J connectivity index is 2.65. The van der Waals surface area contributed by atoms with E-state index in [4.69, 9.17) is 10.5 Å². The van der Waals surface area contributed by atoms with E-state index in [9.17, 15) is 0 Å². The van der Waals surface area contributed by atoms with Gasteiger partial charge in [0, 0.05) is 19.7 Å². The Morgan fingerprint density at radius 3 is 2.46 bits per heavy atom. The summed E-state index contributed by atoms with van der Waals surface area (Å²) in [5.74, 6) is 0. The molecule has 3 heteroatoms. The molecule has 0 bridgehead atoms. The minimum absolute atomic E-state index is 0.0179. The van der Waals surface area contributed by atoms with Crippen LogP contribution in [0.1, 0.15) is 26.7 Å². The highest BCUT2D eigenvalue weighted by Gasteiger charge is 2.41. The van der Waals surface area contributed by atoms with Crippen molar-refractivity contribution in [2.45, 2.75) is 44.4 Å². The maximum absolute atomic E-state index is 5.83. The topological polar surface area (TPSA) is 38.5 Å². The fourth-order valence-corrected chi connectivity index (χ4v) is 1.73. The van der Waals surface area contributed by atoms with Gasteiger partial charge in [-0.1, -0.05) is 0 Å². The maximum Gasteiger partial charge on any atom is 0.0736 e. The smallest absolute Gasteiger partial charge is 0.0736 e. The molecule has 78 valence electrons. The van der Waals surface area contributed by atoms with Gasteiger partial charge in [-0.25, -0.2) is 0 Å². The van der Waals surface area contributed by atoms with Gasteiger partial charge >= 0.3 is 0 Å². The molecule has 0 spiro atoms. The molecule has 1 aliphatic carbocycles. The van der Waals surface area contributed by atoms with Crippen LogP contribution in [-0.4, -0.2) is 43.3 Å². The number of rotatable bonds is 5. The Morgan fingerprint density at radius 1 is 1.62 bits per heavy atom. The molecule has 0 amide bonds. The molecule has 2 atom stereocenters. The van der Waals surface area contributed by atoms with E-state index in [1.54, 1.807) is 7.11 Å². The van der Waals surface area contributed by atoms with Crippen LogP contribution in [0.15, 0.2) is 0 Å². The van der Waals surface area contributed by atoms with Crippen molar-refractivity contribution < 1.29 is 4.74 Å². The molecular weight excluding hydrogens is 164 g/mol. The van der Waals surface area contributed by atoms with Gasteiger partial charge in [0.15, 0.2) is 0 Å². The summed E-state index contributed by atoms with van der Waals surface area (Å²) in [7, 11) is 3.90. The summed E-state index contributed by atoms with van der Waals surface area (Å²) < 4.78 is 5.38. The lowest BCUT2D eigenvalue weighted by Crippen LogP contribution is -2.58. The third-order valence-corrected chi connectivity index (χ3v) is 3.54. The van der Waals surface area contributed by atoms with Crippen molar-refractivity contribution in [3.05, 3.63) is 0 Å². The highest BCUT2D eigenvalue weighted by molar-refractivity contribution is 4.98. The first-order valence-electron chi connectivity index (χ1n) is 5.02. The third-order valence-electron chi connectivity index (χ3n) is 3.54. The molecule has 0 aromatic carbocycles. The summed E-state index contributed by atoms with van der Waals surface area (Å²) in [5.41, 5.74) is 5.81. The second-order valence-corrected chi connectivity index (χ2v) is 4.28. The Morgan fingerprint density at radius 2 is 2.15 bits per heavy atom. The maximum atomic E-state index is 5.83. The molecule has 3 nitrogen and oxygen atoms in total. The van der Waals surface area contributed by atoms with Crippen LogP contribution in [0.2, 0.25) is 0 Å². The van der Waals surface area contributed by atoms with Gasteiger partial charge in [0.25, 0.3) is 0 Å². The molecule has 0 aromatic rings. The number of ether oxygens (including phenoxy) is 1. The van der Waals surface area contributed by atoms with Gasteiger partial charge < -0.3 is 10.5 Å². The average Bonchev–Trinajstić information content (AvgIpc) is 2.97. The van der Waals surface area contributed by atoms with E-state index >= 15 is 0 Å². The highest BCUT2D eigenvalue weighted by atomic mass is 16.5. The zero-order valence-corrected chi connectivity index (χ0v) is 9.21. The monoisotopic (exact) mass is 186 g/mol. The predicted octanol–water partition coefficient (Wildman–Crippen LogP) is 0.833. The average molecular weight is 186 g/mol.